The van der Waals surface area contributed by atoms with Gasteiger partial charge < -0.3 is 0 Å². The Morgan fingerprint density at radius 2 is 1.00 bits per heavy atom. The molecule has 10 heteroatoms. The van der Waals surface area contributed by atoms with E-state index in [9.17, 15) is 0 Å². The maximum atomic E-state index is 5.29. The molecule has 0 aliphatic heterocycles. The van der Waals surface area contributed by atoms with E-state index < -0.39 is 0 Å². The van der Waals surface area contributed by atoms with E-state index in [1.165, 1.54) is 29.6 Å². The molecule has 0 saturated heterocycles. The van der Waals surface area contributed by atoms with Crippen LogP contribution in [0, 0.1) is 0 Å². The first-order chi connectivity index (χ1) is 33.1. The smallest absolute Gasteiger partial charge is 0.165 e. The average molecular weight is 907 g/mol. The maximum Gasteiger partial charge on any atom is 0.165 e. The average Bonchev–Trinajstić information content (AvgIpc) is 4.17. The third kappa shape index (κ3) is 8.25. The van der Waals surface area contributed by atoms with Crippen molar-refractivity contribution in [2.75, 3.05) is 0 Å². The lowest BCUT2D eigenvalue weighted by Gasteiger charge is -2.13. The summed E-state index contributed by atoms with van der Waals surface area (Å²) in [5, 5.41) is 3.62. The van der Waals surface area contributed by atoms with Crippen LogP contribution in [-0.2, 0) is 0 Å². The predicted octanol–water partition coefficient (Wildman–Crippen LogP) is 15.8. The number of aromatic nitrogens is 8. The topological polar surface area (TPSA) is 87.2 Å². The third-order valence-corrected chi connectivity index (χ3v) is 13.3. The van der Waals surface area contributed by atoms with Crippen LogP contribution in [-0.4, -0.2) is 39.0 Å². The van der Waals surface area contributed by atoms with E-state index >= 15 is 0 Å². The standard InChI is InChI=1S/C48H28N8S2.C4H6.C3H6.C2H6/c1-3-12-29(13-4-1)41-46(51-26-24-49-41)55-37-20-9-7-18-35(37)53-44(55)31-22-23-39-34(28-31)40-32-16-11-17-33(43(32)58-48(40)57-39)45-54-36-19-8-10-21-38(36)56(45)47-42(50-25-27-52-47)30-14-5-2-6-15-30;1-3-4-2;1-3-2;1-2/h1-28H;3-4H,1-2H2;3H,1H2,2H3;1-2H3. The molecular formula is C57H46N8S2. The molecule has 0 atom stereocenters. The highest BCUT2D eigenvalue weighted by Crippen LogP contribution is 2.48. The molecule has 12 rings (SSSR count). The Labute approximate surface area is 397 Å². The van der Waals surface area contributed by atoms with Gasteiger partial charge in [0.1, 0.15) is 23.0 Å². The maximum absolute atomic E-state index is 5.29. The van der Waals surface area contributed by atoms with Gasteiger partial charge in [-0.3, -0.25) is 19.1 Å². The number of fused-ring (bicyclic) bond motifs is 7. The molecule has 326 valence electrons. The van der Waals surface area contributed by atoms with Gasteiger partial charge in [-0.1, -0.05) is 142 Å². The van der Waals surface area contributed by atoms with Crippen LogP contribution >= 0.6 is 22.7 Å². The molecule has 0 unspecified atom stereocenters. The zero-order valence-electron chi connectivity index (χ0n) is 37.4. The fourth-order valence-corrected chi connectivity index (χ4v) is 10.8. The molecule has 0 amide bonds. The van der Waals surface area contributed by atoms with Crippen LogP contribution < -0.4 is 0 Å². The van der Waals surface area contributed by atoms with Crippen LogP contribution in [0.1, 0.15) is 20.8 Å². The first kappa shape index (κ1) is 44.0. The van der Waals surface area contributed by atoms with Crippen LogP contribution in [0.5, 0.6) is 0 Å². The van der Waals surface area contributed by atoms with E-state index in [1.54, 1.807) is 43.0 Å². The number of imidazole rings is 2. The summed E-state index contributed by atoms with van der Waals surface area (Å²) < 4.78 is 7.99. The van der Waals surface area contributed by atoms with E-state index in [0.29, 0.717) is 0 Å². The quantitative estimate of drug-likeness (QED) is 0.117. The minimum atomic E-state index is 0.736. The minimum Gasteiger partial charge on any atom is -0.274 e. The van der Waals surface area contributed by atoms with Crippen molar-refractivity contribution in [1.82, 2.24) is 39.0 Å². The molecule has 12 aromatic rings. The second-order valence-corrected chi connectivity index (χ2v) is 17.2. The lowest BCUT2D eigenvalue weighted by Crippen LogP contribution is -2.04. The molecule has 0 bridgehead atoms. The van der Waals surface area contributed by atoms with Crippen molar-refractivity contribution in [3.8, 4) is 56.9 Å². The van der Waals surface area contributed by atoms with E-state index in [-0.39, 0.29) is 0 Å². The van der Waals surface area contributed by atoms with Gasteiger partial charge in [0.05, 0.1) is 26.1 Å². The van der Waals surface area contributed by atoms with Gasteiger partial charge in [0.25, 0.3) is 0 Å². The van der Waals surface area contributed by atoms with E-state index in [1.807, 2.05) is 98.0 Å². The molecule has 0 spiro atoms. The Kier molecular flexibility index (Phi) is 13.1. The first-order valence-electron chi connectivity index (χ1n) is 22.0. The molecule has 6 heterocycles. The van der Waals surface area contributed by atoms with Crippen molar-refractivity contribution in [3.05, 3.63) is 208 Å². The number of thiophene rings is 2. The molecule has 6 aromatic carbocycles. The lowest BCUT2D eigenvalue weighted by atomic mass is 10.1. The van der Waals surface area contributed by atoms with Crippen LogP contribution in [0.25, 0.3) is 109 Å². The third-order valence-electron chi connectivity index (χ3n) is 10.8. The molecule has 0 aliphatic rings. The molecular weight excluding hydrogens is 861 g/mol. The highest BCUT2D eigenvalue weighted by atomic mass is 32.2. The van der Waals surface area contributed by atoms with E-state index in [0.717, 1.165) is 79.0 Å². The number of hydrogen-bond acceptors (Lipinski definition) is 8. The second-order valence-electron chi connectivity index (χ2n) is 14.8. The van der Waals surface area contributed by atoms with Crippen LogP contribution in [0.15, 0.2) is 208 Å². The minimum absolute atomic E-state index is 0.736. The molecule has 0 saturated carbocycles. The summed E-state index contributed by atoms with van der Waals surface area (Å²) in [6.45, 7) is 16.0. The summed E-state index contributed by atoms with van der Waals surface area (Å²) in [5.74, 6) is 3.12. The Balaban J connectivity index is 0.000000582. The number of hydrogen-bond donors (Lipinski definition) is 0. The predicted molar refractivity (Wildman–Crippen MR) is 285 cm³/mol. The first-order valence-corrected chi connectivity index (χ1v) is 23.6. The van der Waals surface area contributed by atoms with Gasteiger partial charge in [0.15, 0.2) is 11.6 Å². The van der Waals surface area contributed by atoms with E-state index in [2.05, 4.69) is 120 Å². The van der Waals surface area contributed by atoms with Crippen LogP contribution in [0.4, 0.5) is 0 Å². The van der Waals surface area contributed by atoms with Crippen molar-refractivity contribution in [3.63, 3.8) is 0 Å². The summed E-state index contributed by atoms with van der Waals surface area (Å²) >= 11 is 3.64. The highest BCUT2D eigenvalue weighted by Gasteiger charge is 2.24. The lowest BCUT2D eigenvalue weighted by molar-refractivity contribution is 1.01. The molecule has 67 heavy (non-hydrogen) atoms. The highest BCUT2D eigenvalue weighted by molar-refractivity contribution is 7.44. The van der Waals surface area contributed by atoms with Crippen molar-refractivity contribution < 1.29 is 0 Å². The van der Waals surface area contributed by atoms with Gasteiger partial charge in [0.2, 0.25) is 0 Å². The zero-order valence-corrected chi connectivity index (χ0v) is 39.0. The number of benzene rings is 6. The fourth-order valence-electron chi connectivity index (χ4n) is 8.10. The van der Waals surface area contributed by atoms with Crippen LogP contribution in [0.3, 0.4) is 0 Å². The molecule has 0 fully saturated rings. The van der Waals surface area contributed by atoms with Crippen molar-refractivity contribution in [2.24, 2.45) is 0 Å². The number of allylic oxidation sites excluding steroid dienone is 3. The molecule has 0 aliphatic carbocycles. The molecule has 0 N–H and O–H groups in total. The Morgan fingerprint density at radius 3 is 1.57 bits per heavy atom. The summed E-state index contributed by atoms with van der Waals surface area (Å²) in [4.78, 5) is 30.1. The van der Waals surface area contributed by atoms with E-state index in [4.69, 9.17) is 29.9 Å². The Morgan fingerprint density at radius 1 is 0.493 bits per heavy atom. The van der Waals surface area contributed by atoms with Gasteiger partial charge >= 0.3 is 0 Å². The van der Waals surface area contributed by atoms with Gasteiger partial charge in [-0.2, -0.15) is 0 Å². The van der Waals surface area contributed by atoms with Gasteiger partial charge in [-0.15, -0.1) is 29.3 Å². The second kappa shape index (κ2) is 19.9. The van der Waals surface area contributed by atoms with Crippen LogP contribution in [0.2, 0.25) is 0 Å². The van der Waals surface area contributed by atoms with Gasteiger partial charge in [-0.25, -0.2) is 19.9 Å². The summed E-state index contributed by atoms with van der Waals surface area (Å²) in [7, 11) is 0. The summed E-state index contributed by atoms with van der Waals surface area (Å²) in [6.07, 6.45) is 12.0. The number of rotatable bonds is 7. The Hall–Kier alpha value is -8.18. The monoisotopic (exact) mass is 906 g/mol. The number of nitrogens with zero attached hydrogens (tertiary/aromatic N) is 8. The van der Waals surface area contributed by atoms with Gasteiger partial charge in [0, 0.05) is 72.6 Å². The molecule has 0 radical (unpaired) electrons. The summed E-state index contributed by atoms with van der Waals surface area (Å²) in [5.41, 5.74) is 9.37. The number of para-hydroxylation sites is 4. The molecule has 6 aromatic heterocycles. The van der Waals surface area contributed by atoms with Crippen molar-refractivity contribution in [1.29, 1.82) is 0 Å². The van der Waals surface area contributed by atoms with Crippen molar-refractivity contribution in [2.45, 2.75) is 20.8 Å². The van der Waals surface area contributed by atoms with Gasteiger partial charge in [-0.05, 0) is 55.5 Å². The fraction of sp³-hybridized carbons (Fsp3) is 0.0526. The molecule has 8 nitrogen and oxygen atoms in total. The zero-order chi connectivity index (χ0) is 46.3. The Bertz CT molecular complexity index is 3680. The largest absolute Gasteiger partial charge is 0.274 e. The normalized spacial score (nSPS) is 10.8. The van der Waals surface area contributed by atoms with Crippen molar-refractivity contribution >= 4 is 74.3 Å². The SMILES string of the molecule is C=CC.C=CC=C.CC.c1ccc(-c2nccnc2-n2c(-c3ccc4sc5sc6c(-c7nc8ccccc8n7-c7nccnc7-c7ccccc7)cccc6c5c4c3)nc3ccccc32)cc1. The summed E-state index contributed by atoms with van der Waals surface area (Å²) in [6, 6.07) is 50.2.